The number of nitrogens with zero attached hydrogens (tertiary/aromatic N) is 2. The third-order valence-corrected chi connectivity index (χ3v) is 5.18. The average Bonchev–Trinajstić information content (AvgIpc) is 2.86. The van der Waals surface area contributed by atoms with Gasteiger partial charge < -0.3 is 14.2 Å². The zero-order valence-corrected chi connectivity index (χ0v) is 20.9. The number of hydrazone groups is 1. The minimum atomic E-state index is -0.928. The lowest BCUT2D eigenvalue weighted by Gasteiger charge is -2.12. The number of carbonyl (C=O) groups excluding carboxylic acids is 2. The van der Waals surface area contributed by atoms with Gasteiger partial charge in [0.2, 0.25) is 0 Å². The Bertz CT molecular complexity index is 1260. The minimum Gasteiger partial charge on any atom is -0.494 e. The van der Waals surface area contributed by atoms with Crippen molar-refractivity contribution in [2.24, 2.45) is 5.10 Å². The monoisotopic (exact) mass is 555 g/mol. The van der Waals surface area contributed by atoms with Gasteiger partial charge in [-0.05, 0) is 68.4 Å². The average molecular weight is 556 g/mol. The van der Waals surface area contributed by atoms with Gasteiger partial charge in [-0.3, -0.25) is 14.9 Å². The molecule has 0 radical (unpaired) electrons. The van der Waals surface area contributed by atoms with Gasteiger partial charge in [-0.15, -0.1) is 0 Å². The molecule has 0 aliphatic rings. The molecule has 0 fully saturated rings. The van der Waals surface area contributed by atoms with E-state index in [4.69, 9.17) is 14.2 Å². The van der Waals surface area contributed by atoms with Gasteiger partial charge in [-0.1, -0.05) is 15.9 Å². The summed E-state index contributed by atoms with van der Waals surface area (Å²) in [6.45, 7) is 3.90. The van der Waals surface area contributed by atoms with E-state index >= 15 is 0 Å². The highest BCUT2D eigenvalue weighted by atomic mass is 79.9. The Morgan fingerprint density at radius 2 is 1.75 bits per heavy atom. The van der Waals surface area contributed by atoms with Crippen LogP contribution in [0.1, 0.15) is 29.8 Å². The van der Waals surface area contributed by atoms with Crippen LogP contribution < -0.4 is 19.6 Å². The van der Waals surface area contributed by atoms with Crippen LogP contribution in [-0.4, -0.2) is 35.7 Å². The zero-order valence-electron chi connectivity index (χ0n) is 19.3. The minimum absolute atomic E-state index is 0.0860. The summed E-state index contributed by atoms with van der Waals surface area (Å²) in [6, 6.07) is 16.9. The standard InChI is InChI=1S/C25H22BrN3O7/c1-3-34-21-9-4-17(5-10-21)25(31)36-23-13-6-19(26)14-18(23)15-27-28-24(30)16(2)35-22-11-7-20(8-12-22)29(32)33/h4-16H,3H2,1-2H3,(H,28,30)/b27-15+. The summed E-state index contributed by atoms with van der Waals surface area (Å²) in [5.74, 6) is 0.0673. The first kappa shape index (κ1) is 26.4. The molecule has 0 spiro atoms. The SMILES string of the molecule is CCOc1ccc(C(=O)Oc2ccc(Br)cc2/C=N/NC(=O)C(C)Oc2ccc([N+](=O)[O-])cc2)cc1. The number of amides is 1. The van der Waals surface area contributed by atoms with Gasteiger partial charge in [0.05, 0.1) is 23.3 Å². The zero-order chi connectivity index (χ0) is 26.1. The maximum absolute atomic E-state index is 12.6. The fourth-order valence-corrected chi connectivity index (χ4v) is 3.27. The highest BCUT2D eigenvalue weighted by molar-refractivity contribution is 9.10. The quantitative estimate of drug-likeness (QED) is 0.124. The summed E-state index contributed by atoms with van der Waals surface area (Å²) < 4.78 is 17.1. The molecule has 0 saturated carbocycles. The van der Waals surface area contributed by atoms with Crippen LogP contribution in [0.25, 0.3) is 0 Å². The topological polar surface area (TPSA) is 129 Å². The number of rotatable bonds is 10. The fourth-order valence-electron chi connectivity index (χ4n) is 2.89. The van der Waals surface area contributed by atoms with Crippen LogP contribution >= 0.6 is 15.9 Å². The van der Waals surface area contributed by atoms with Crippen molar-refractivity contribution >= 4 is 39.7 Å². The first-order valence-electron chi connectivity index (χ1n) is 10.8. The number of hydrogen-bond acceptors (Lipinski definition) is 8. The van der Waals surface area contributed by atoms with E-state index in [2.05, 4.69) is 26.5 Å². The molecule has 0 aliphatic heterocycles. The number of nitro groups is 1. The number of non-ortho nitro benzene ring substituents is 1. The van der Waals surface area contributed by atoms with Crippen molar-refractivity contribution in [3.05, 3.63) is 92.4 Å². The third kappa shape index (κ3) is 7.37. The predicted octanol–water partition coefficient (Wildman–Crippen LogP) is 4.89. The van der Waals surface area contributed by atoms with Crippen molar-refractivity contribution in [2.45, 2.75) is 20.0 Å². The van der Waals surface area contributed by atoms with E-state index in [0.29, 0.717) is 33.7 Å². The summed E-state index contributed by atoms with van der Waals surface area (Å²) in [5, 5.41) is 14.7. The molecule has 11 heteroatoms. The first-order chi connectivity index (χ1) is 17.3. The van der Waals surface area contributed by atoms with Crippen molar-refractivity contribution in [2.75, 3.05) is 6.61 Å². The largest absolute Gasteiger partial charge is 0.494 e. The summed E-state index contributed by atoms with van der Waals surface area (Å²) in [6.07, 6.45) is 0.408. The summed E-state index contributed by atoms with van der Waals surface area (Å²) in [7, 11) is 0. The lowest BCUT2D eigenvalue weighted by molar-refractivity contribution is -0.384. The van der Waals surface area contributed by atoms with Crippen LogP contribution in [0, 0.1) is 10.1 Å². The van der Waals surface area contributed by atoms with E-state index in [1.54, 1.807) is 42.5 Å². The second kappa shape index (κ2) is 12.5. The van der Waals surface area contributed by atoms with Crippen LogP contribution in [0.4, 0.5) is 5.69 Å². The maximum atomic E-state index is 12.6. The summed E-state index contributed by atoms with van der Waals surface area (Å²) in [4.78, 5) is 35.1. The van der Waals surface area contributed by atoms with Gasteiger partial charge in [0.25, 0.3) is 11.6 Å². The Morgan fingerprint density at radius 3 is 2.39 bits per heavy atom. The lowest BCUT2D eigenvalue weighted by Crippen LogP contribution is -2.33. The molecule has 0 heterocycles. The van der Waals surface area contributed by atoms with E-state index in [9.17, 15) is 19.7 Å². The molecular weight excluding hydrogens is 534 g/mol. The van der Waals surface area contributed by atoms with Gasteiger partial charge in [0.1, 0.15) is 17.2 Å². The molecule has 0 bridgehead atoms. The van der Waals surface area contributed by atoms with Crippen molar-refractivity contribution in [1.82, 2.24) is 5.43 Å². The Kier molecular flexibility index (Phi) is 9.12. The predicted molar refractivity (Wildman–Crippen MR) is 136 cm³/mol. The Balaban J connectivity index is 1.62. The van der Waals surface area contributed by atoms with E-state index in [1.165, 1.54) is 37.4 Å². The second-order valence-electron chi connectivity index (χ2n) is 7.27. The van der Waals surface area contributed by atoms with Crippen LogP contribution in [0.2, 0.25) is 0 Å². The number of halogens is 1. The lowest BCUT2D eigenvalue weighted by atomic mass is 10.2. The fraction of sp³-hybridized carbons (Fsp3) is 0.160. The van der Waals surface area contributed by atoms with Crippen molar-refractivity contribution in [3.63, 3.8) is 0 Å². The van der Waals surface area contributed by atoms with E-state index in [0.717, 1.165) is 0 Å². The first-order valence-corrected chi connectivity index (χ1v) is 11.5. The molecular formula is C25H22BrN3O7. The molecule has 0 aliphatic carbocycles. The molecule has 186 valence electrons. The molecule has 3 aromatic rings. The Hall–Kier alpha value is -4.25. The van der Waals surface area contributed by atoms with Crippen LogP contribution in [0.3, 0.4) is 0 Å². The number of nitro benzene ring substituents is 1. The van der Waals surface area contributed by atoms with Gasteiger partial charge in [0.15, 0.2) is 6.10 Å². The molecule has 1 N–H and O–H groups in total. The molecule has 0 saturated heterocycles. The maximum Gasteiger partial charge on any atom is 0.343 e. The smallest absolute Gasteiger partial charge is 0.343 e. The van der Waals surface area contributed by atoms with E-state index < -0.39 is 22.9 Å². The molecule has 36 heavy (non-hydrogen) atoms. The van der Waals surface area contributed by atoms with E-state index in [1.807, 2.05) is 6.92 Å². The summed E-state index contributed by atoms with van der Waals surface area (Å²) in [5.41, 5.74) is 3.05. The van der Waals surface area contributed by atoms with Crippen molar-refractivity contribution in [1.29, 1.82) is 0 Å². The second-order valence-corrected chi connectivity index (χ2v) is 8.19. The van der Waals surface area contributed by atoms with Crippen LogP contribution in [0.15, 0.2) is 76.3 Å². The van der Waals surface area contributed by atoms with E-state index in [-0.39, 0.29) is 11.4 Å². The van der Waals surface area contributed by atoms with Crippen LogP contribution in [0.5, 0.6) is 17.2 Å². The highest BCUT2D eigenvalue weighted by Gasteiger charge is 2.16. The third-order valence-electron chi connectivity index (χ3n) is 4.68. The Morgan fingerprint density at radius 1 is 1.08 bits per heavy atom. The van der Waals surface area contributed by atoms with Crippen molar-refractivity contribution in [3.8, 4) is 17.2 Å². The van der Waals surface area contributed by atoms with Gasteiger partial charge >= 0.3 is 5.97 Å². The molecule has 1 amide bonds. The van der Waals surface area contributed by atoms with Crippen LogP contribution in [-0.2, 0) is 4.79 Å². The molecule has 1 atom stereocenters. The molecule has 0 aromatic heterocycles. The van der Waals surface area contributed by atoms with Gasteiger partial charge in [-0.2, -0.15) is 5.10 Å². The number of benzene rings is 3. The van der Waals surface area contributed by atoms with Crippen molar-refractivity contribution < 1.29 is 28.7 Å². The number of ether oxygens (including phenoxy) is 3. The number of esters is 1. The normalized spacial score (nSPS) is 11.5. The molecule has 3 rings (SSSR count). The molecule has 1 unspecified atom stereocenters. The number of hydrogen-bond donors (Lipinski definition) is 1. The highest BCUT2D eigenvalue weighted by Crippen LogP contribution is 2.23. The van der Waals surface area contributed by atoms with Gasteiger partial charge in [-0.25, -0.2) is 10.2 Å². The molecule has 3 aromatic carbocycles. The number of carbonyl (C=O) groups is 2. The summed E-state index contributed by atoms with van der Waals surface area (Å²) >= 11 is 3.36. The number of nitrogens with one attached hydrogen (secondary N) is 1. The molecule has 10 nitrogen and oxygen atoms in total. The Labute approximate surface area is 215 Å². The van der Waals surface area contributed by atoms with Gasteiger partial charge in [0, 0.05) is 22.2 Å².